The minimum absolute atomic E-state index is 0.712. The fourth-order valence-corrected chi connectivity index (χ4v) is 11.8. The van der Waals surface area contributed by atoms with Crippen LogP contribution in [0.3, 0.4) is 0 Å². The Kier molecular flexibility index (Phi) is 17.6. The third-order valence-electron chi connectivity index (χ3n) is 8.63. The highest BCUT2D eigenvalue weighted by Gasteiger charge is 2.32. The Labute approximate surface area is 185 Å². The van der Waals surface area contributed by atoms with Crippen molar-refractivity contribution in [1.82, 2.24) is 0 Å². The fraction of sp³-hybridized carbons (Fsp3) is 1.00. The zero-order chi connectivity index (χ0) is 21.5. The van der Waals surface area contributed by atoms with Crippen LogP contribution in [0.4, 0.5) is 0 Å². The lowest BCUT2D eigenvalue weighted by molar-refractivity contribution is 0.303. The molecule has 168 valence electrons. The normalized spacial score (nSPS) is 15.4. The first-order valence-electron chi connectivity index (χ1n) is 13.5. The van der Waals surface area contributed by atoms with Gasteiger partial charge < -0.3 is 0 Å². The largest absolute Gasteiger partial charge is 0.262 e. The van der Waals surface area contributed by atoms with E-state index in [1.807, 2.05) is 0 Å². The summed E-state index contributed by atoms with van der Waals surface area (Å²) >= 11 is -0.712. The first-order valence-corrected chi connectivity index (χ1v) is 15.9. The average Bonchev–Trinajstić information content (AvgIpc) is 2.73. The smallest absolute Gasteiger partial charge is 0.0907 e. The monoisotopic (exact) mass is 408 g/mol. The third kappa shape index (κ3) is 9.56. The van der Waals surface area contributed by atoms with Gasteiger partial charge in [0.2, 0.25) is 0 Å². The predicted molar refractivity (Wildman–Crippen MR) is 134 cm³/mol. The Hall–Kier alpha value is 0.532. The second-order valence-corrected chi connectivity index (χ2v) is 13.0. The SMILES string of the molecule is CCC(CC)C(CC)[CH2][Al]([CH2]C(CC)C(CC)CC)[CH2]C(CC)C(CC)CC. The maximum Gasteiger partial charge on any atom is 0.262 e. The molecule has 28 heavy (non-hydrogen) atoms. The van der Waals surface area contributed by atoms with Crippen LogP contribution in [0.5, 0.6) is 0 Å². The molecule has 0 fully saturated rings. The molecule has 0 aliphatic heterocycles. The summed E-state index contributed by atoms with van der Waals surface area (Å²) in [6, 6.07) is 0. The van der Waals surface area contributed by atoms with Crippen molar-refractivity contribution in [3.8, 4) is 0 Å². The van der Waals surface area contributed by atoms with Crippen LogP contribution in [0.2, 0.25) is 15.8 Å². The van der Waals surface area contributed by atoms with E-state index in [0.717, 1.165) is 35.5 Å². The highest BCUT2D eigenvalue weighted by Crippen LogP contribution is 2.37. The lowest BCUT2D eigenvalue weighted by Crippen LogP contribution is -2.30. The number of rotatable bonds is 18. The van der Waals surface area contributed by atoms with Gasteiger partial charge in [0.1, 0.15) is 0 Å². The molecule has 0 aliphatic carbocycles. The maximum absolute atomic E-state index is 2.48. The Morgan fingerprint density at radius 2 is 0.500 bits per heavy atom. The predicted octanol–water partition coefficient (Wildman–Crippen LogP) is 9.87. The Morgan fingerprint density at radius 3 is 0.643 bits per heavy atom. The first-order chi connectivity index (χ1) is 13.5. The fourth-order valence-electron chi connectivity index (χ4n) is 6.52. The molecule has 0 aromatic rings. The van der Waals surface area contributed by atoms with Crippen molar-refractivity contribution in [3.63, 3.8) is 0 Å². The quantitative estimate of drug-likeness (QED) is 0.198. The summed E-state index contributed by atoms with van der Waals surface area (Å²) in [7, 11) is 0. The van der Waals surface area contributed by atoms with Gasteiger partial charge in [-0.15, -0.1) is 0 Å². The van der Waals surface area contributed by atoms with Gasteiger partial charge in [0.15, 0.2) is 0 Å². The number of hydrogen-bond acceptors (Lipinski definition) is 0. The molecular weight excluding hydrogens is 351 g/mol. The lowest BCUT2D eigenvalue weighted by atomic mass is 9.87. The van der Waals surface area contributed by atoms with Crippen LogP contribution in [0.1, 0.15) is 120 Å². The molecule has 0 spiro atoms. The van der Waals surface area contributed by atoms with Crippen molar-refractivity contribution >= 4 is 14.1 Å². The minimum Gasteiger partial charge on any atom is -0.0907 e. The molecular formula is C27H57Al. The second kappa shape index (κ2) is 17.2. The van der Waals surface area contributed by atoms with Crippen LogP contribution in [0, 0.1) is 35.5 Å². The van der Waals surface area contributed by atoms with Crippen LogP contribution in [0.25, 0.3) is 0 Å². The van der Waals surface area contributed by atoms with Crippen LogP contribution in [-0.4, -0.2) is 14.1 Å². The first kappa shape index (κ1) is 28.5. The van der Waals surface area contributed by atoms with Gasteiger partial charge in [-0.3, -0.25) is 0 Å². The highest BCUT2D eigenvalue weighted by atomic mass is 27.2. The molecule has 0 N–H and O–H groups in total. The molecule has 1 heteroatoms. The van der Waals surface area contributed by atoms with Gasteiger partial charge in [-0.05, 0) is 17.8 Å². The van der Waals surface area contributed by atoms with Crippen molar-refractivity contribution in [2.75, 3.05) is 0 Å². The summed E-state index contributed by atoms with van der Waals surface area (Å²) in [5.74, 6) is 5.93. The summed E-state index contributed by atoms with van der Waals surface area (Å²) < 4.78 is 0. The average molecular weight is 409 g/mol. The van der Waals surface area contributed by atoms with Gasteiger partial charge in [-0.1, -0.05) is 154 Å². The third-order valence-corrected chi connectivity index (χ3v) is 12.4. The molecule has 0 radical (unpaired) electrons. The molecule has 0 aromatic heterocycles. The molecule has 0 aliphatic rings. The van der Waals surface area contributed by atoms with Crippen molar-refractivity contribution in [2.45, 2.75) is 136 Å². The van der Waals surface area contributed by atoms with E-state index in [-0.39, 0.29) is 0 Å². The maximum atomic E-state index is 2.48. The van der Waals surface area contributed by atoms with Crippen molar-refractivity contribution < 1.29 is 0 Å². The zero-order valence-electron chi connectivity index (χ0n) is 21.5. The Bertz CT molecular complexity index is 275. The van der Waals surface area contributed by atoms with Gasteiger partial charge >= 0.3 is 0 Å². The van der Waals surface area contributed by atoms with Gasteiger partial charge in [0, 0.05) is 0 Å². The zero-order valence-corrected chi connectivity index (χ0v) is 22.7. The van der Waals surface area contributed by atoms with Crippen LogP contribution < -0.4 is 0 Å². The molecule has 0 amide bonds. The van der Waals surface area contributed by atoms with Gasteiger partial charge in [0.05, 0.1) is 0 Å². The van der Waals surface area contributed by atoms with E-state index >= 15 is 0 Å². The van der Waals surface area contributed by atoms with Crippen LogP contribution in [-0.2, 0) is 0 Å². The van der Waals surface area contributed by atoms with Gasteiger partial charge in [0.25, 0.3) is 14.1 Å². The van der Waals surface area contributed by atoms with Crippen LogP contribution in [0.15, 0.2) is 0 Å². The topological polar surface area (TPSA) is 0 Å². The molecule has 0 saturated heterocycles. The van der Waals surface area contributed by atoms with Crippen LogP contribution >= 0.6 is 0 Å². The summed E-state index contributed by atoms with van der Waals surface area (Å²) in [6.45, 7) is 22.0. The second-order valence-electron chi connectivity index (χ2n) is 9.81. The summed E-state index contributed by atoms with van der Waals surface area (Å²) in [6.07, 6.45) is 12.6. The molecule has 0 nitrogen and oxygen atoms in total. The van der Waals surface area contributed by atoms with E-state index in [4.69, 9.17) is 0 Å². The molecule has 0 heterocycles. The van der Waals surface area contributed by atoms with E-state index < -0.39 is 14.1 Å². The Morgan fingerprint density at radius 1 is 0.321 bits per heavy atom. The van der Waals surface area contributed by atoms with Gasteiger partial charge in [-0.2, -0.15) is 0 Å². The minimum atomic E-state index is -0.712. The number of hydrogen-bond donors (Lipinski definition) is 0. The van der Waals surface area contributed by atoms with Gasteiger partial charge in [-0.25, -0.2) is 0 Å². The molecule has 0 aromatic carbocycles. The van der Waals surface area contributed by atoms with E-state index in [9.17, 15) is 0 Å². The lowest BCUT2D eigenvalue weighted by Gasteiger charge is -2.33. The van der Waals surface area contributed by atoms with Crippen molar-refractivity contribution in [1.29, 1.82) is 0 Å². The van der Waals surface area contributed by atoms with E-state index in [0.29, 0.717) is 0 Å². The summed E-state index contributed by atoms with van der Waals surface area (Å²) in [5.41, 5.74) is 0. The van der Waals surface area contributed by atoms with Crippen molar-refractivity contribution in [2.24, 2.45) is 35.5 Å². The standard InChI is InChI=1S/3C9H19.Al/c3*1-5-8(4)9(6-2)7-3;/h3*8-9H,4-7H2,1-3H3;. The Balaban J connectivity index is 5.48. The van der Waals surface area contributed by atoms with E-state index in [1.165, 1.54) is 57.8 Å². The highest BCUT2D eigenvalue weighted by molar-refractivity contribution is 6.59. The molecule has 0 saturated carbocycles. The van der Waals surface area contributed by atoms with Crippen molar-refractivity contribution in [3.05, 3.63) is 0 Å². The molecule has 3 unspecified atom stereocenters. The summed E-state index contributed by atoms with van der Waals surface area (Å²) in [5, 5.41) is 4.91. The summed E-state index contributed by atoms with van der Waals surface area (Å²) in [4.78, 5) is 0. The van der Waals surface area contributed by atoms with E-state index in [2.05, 4.69) is 62.3 Å². The molecule has 3 atom stereocenters. The molecule has 0 bridgehead atoms. The molecule has 0 rings (SSSR count). The van der Waals surface area contributed by atoms with E-state index in [1.54, 1.807) is 15.8 Å².